The SMILES string of the molecule is CCCCCCOc1ccc(CC(=N)C(Cl)Cc2ccc(C=CC(=O)O)cc2)cc1. The van der Waals surface area contributed by atoms with E-state index in [2.05, 4.69) is 6.92 Å². The number of unbranched alkanes of at least 4 members (excludes halogenated alkanes) is 3. The first-order chi connectivity index (χ1) is 14.5. The molecule has 160 valence electrons. The van der Waals surface area contributed by atoms with Gasteiger partial charge >= 0.3 is 5.97 Å². The average molecular weight is 428 g/mol. The van der Waals surface area contributed by atoms with Crippen LogP contribution in [0, 0.1) is 5.41 Å². The highest BCUT2D eigenvalue weighted by Gasteiger charge is 2.13. The first-order valence-electron chi connectivity index (χ1n) is 10.4. The first kappa shape index (κ1) is 23.7. The summed E-state index contributed by atoms with van der Waals surface area (Å²) in [5, 5.41) is 16.6. The summed E-state index contributed by atoms with van der Waals surface area (Å²) in [5.74, 6) is -0.110. The minimum Gasteiger partial charge on any atom is -0.494 e. The van der Waals surface area contributed by atoms with Crippen LogP contribution >= 0.6 is 11.6 Å². The van der Waals surface area contributed by atoms with Gasteiger partial charge in [0.2, 0.25) is 0 Å². The van der Waals surface area contributed by atoms with Crippen molar-refractivity contribution in [3.05, 3.63) is 71.3 Å². The van der Waals surface area contributed by atoms with Crippen LogP contribution in [-0.2, 0) is 17.6 Å². The van der Waals surface area contributed by atoms with E-state index >= 15 is 0 Å². The molecule has 2 aromatic rings. The van der Waals surface area contributed by atoms with Crippen LogP contribution in [0.3, 0.4) is 0 Å². The van der Waals surface area contributed by atoms with Crippen molar-refractivity contribution in [3.63, 3.8) is 0 Å². The monoisotopic (exact) mass is 427 g/mol. The summed E-state index contributed by atoms with van der Waals surface area (Å²) in [6.45, 7) is 2.94. The summed E-state index contributed by atoms with van der Waals surface area (Å²) in [6, 6.07) is 15.4. The molecule has 1 unspecified atom stereocenters. The number of hydrogen-bond donors (Lipinski definition) is 2. The first-order valence-corrected chi connectivity index (χ1v) is 10.8. The number of hydrogen-bond acceptors (Lipinski definition) is 3. The van der Waals surface area contributed by atoms with Crippen LogP contribution in [0.25, 0.3) is 6.08 Å². The second-order valence-electron chi connectivity index (χ2n) is 7.34. The highest BCUT2D eigenvalue weighted by atomic mass is 35.5. The van der Waals surface area contributed by atoms with E-state index in [4.69, 9.17) is 26.9 Å². The van der Waals surface area contributed by atoms with Gasteiger partial charge in [-0.3, -0.25) is 0 Å². The molecule has 0 heterocycles. The lowest BCUT2D eigenvalue weighted by atomic mass is 10.0. The Balaban J connectivity index is 1.80. The quantitative estimate of drug-likeness (QED) is 0.174. The van der Waals surface area contributed by atoms with Crippen molar-refractivity contribution in [2.75, 3.05) is 6.61 Å². The van der Waals surface area contributed by atoms with Gasteiger partial charge < -0.3 is 15.3 Å². The summed E-state index contributed by atoms with van der Waals surface area (Å²) < 4.78 is 5.76. The Hall–Kier alpha value is -2.59. The molecular weight excluding hydrogens is 398 g/mol. The molecule has 0 aliphatic heterocycles. The Bertz CT molecular complexity index is 828. The van der Waals surface area contributed by atoms with Crippen LogP contribution in [0.5, 0.6) is 5.75 Å². The van der Waals surface area contributed by atoms with Crippen molar-refractivity contribution in [1.82, 2.24) is 0 Å². The maximum atomic E-state index is 10.6. The molecule has 0 radical (unpaired) electrons. The van der Waals surface area contributed by atoms with Gasteiger partial charge in [0.05, 0.1) is 12.0 Å². The maximum Gasteiger partial charge on any atom is 0.328 e. The van der Waals surface area contributed by atoms with Crippen molar-refractivity contribution >= 4 is 29.4 Å². The smallest absolute Gasteiger partial charge is 0.328 e. The van der Waals surface area contributed by atoms with E-state index in [0.717, 1.165) is 41.5 Å². The molecule has 4 nitrogen and oxygen atoms in total. The molecule has 0 aliphatic carbocycles. The Morgan fingerprint density at radius 2 is 1.73 bits per heavy atom. The van der Waals surface area contributed by atoms with Crippen LogP contribution in [0.4, 0.5) is 0 Å². The van der Waals surface area contributed by atoms with Gasteiger partial charge in [0.25, 0.3) is 0 Å². The van der Waals surface area contributed by atoms with Crippen molar-refractivity contribution in [2.24, 2.45) is 0 Å². The predicted octanol–water partition coefficient (Wildman–Crippen LogP) is 6.16. The molecule has 2 N–H and O–H groups in total. The second-order valence-corrected chi connectivity index (χ2v) is 7.87. The lowest BCUT2D eigenvalue weighted by Crippen LogP contribution is -2.18. The highest BCUT2D eigenvalue weighted by Crippen LogP contribution is 2.17. The molecule has 0 saturated carbocycles. The fourth-order valence-electron chi connectivity index (χ4n) is 3.02. The number of carboxylic acid groups (broad SMARTS) is 1. The predicted molar refractivity (Wildman–Crippen MR) is 124 cm³/mol. The van der Waals surface area contributed by atoms with E-state index in [1.807, 2.05) is 48.5 Å². The average Bonchev–Trinajstić information content (AvgIpc) is 2.74. The minimum absolute atomic E-state index is 0.389. The molecule has 2 aromatic carbocycles. The van der Waals surface area contributed by atoms with Gasteiger partial charge in [-0.1, -0.05) is 62.6 Å². The molecular formula is C25H30ClNO3. The Labute approximate surface area is 184 Å². The highest BCUT2D eigenvalue weighted by molar-refractivity contribution is 6.31. The molecule has 0 fully saturated rings. The third-order valence-electron chi connectivity index (χ3n) is 4.78. The molecule has 0 aromatic heterocycles. The number of carboxylic acids is 1. The fraction of sp³-hybridized carbons (Fsp3) is 0.360. The maximum absolute atomic E-state index is 10.6. The summed E-state index contributed by atoms with van der Waals surface area (Å²) in [7, 11) is 0. The molecule has 0 saturated heterocycles. The van der Waals surface area contributed by atoms with Crippen molar-refractivity contribution in [2.45, 2.75) is 50.8 Å². The number of benzene rings is 2. The zero-order valence-electron chi connectivity index (χ0n) is 17.4. The van der Waals surface area contributed by atoms with Gasteiger partial charge in [-0.15, -0.1) is 11.6 Å². The van der Waals surface area contributed by atoms with Crippen LogP contribution in [0.1, 0.15) is 49.3 Å². The van der Waals surface area contributed by atoms with E-state index in [0.29, 0.717) is 18.6 Å². The van der Waals surface area contributed by atoms with Crippen LogP contribution in [-0.4, -0.2) is 28.8 Å². The molecule has 30 heavy (non-hydrogen) atoms. The number of carbonyl (C=O) groups is 1. The summed E-state index contributed by atoms with van der Waals surface area (Å²) in [5.41, 5.74) is 3.34. The Kier molecular flexibility index (Phi) is 10.2. The van der Waals surface area contributed by atoms with E-state index in [1.165, 1.54) is 19.3 Å². The number of ether oxygens (including phenoxy) is 1. The lowest BCUT2D eigenvalue weighted by Gasteiger charge is -2.12. The van der Waals surface area contributed by atoms with Gasteiger partial charge in [-0.05, 0) is 47.7 Å². The normalized spacial score (nSPS) is 12.1. The third kappa shape index (κ3) is 8.83. The lowest BCUT2D eigenvalue weighted by molar-refractivity contribution is -0.131. The number of halogens is 1. The number of aliphatic carboxylic acids is 1. The van der Waals surface area contributed by atoms with E-state index in [9.17, 15) is 4.79 Å². The summed E-state index contributed by atoms with van der Waals surface area (Å²) in [6.07, 6.45) is 8.46. The van der Waals surface area contributed by atoms with Gasteiger partial charge in [0.15, 0.2) is 0 Å². The molecule has 5 heteroatoms. The van der Waals surface area contributed by atoms with E-state index < -0.39 is 5.97 Å². The van der Waals surface area contributed by atoms with Gasteiger partial charge in [-0.25, -0.2) is 4.79 Å². The third-order valence-corrected chi connectivity index (χ3v) is 5.19. The summed E-state index contributed by atoms with van der Waals surface area (Å²) in [4.78, 5) is 10.6. The van der Waals surface area contributed by atoms with E-state index in [-0.39, 0.29) is 5.38 Å². The molecule has 0 bridgehead atoms. The number of alkyl halides is 1. The number of rotatable bonds is 13. The number of nitrogens with one attached hydrogen (secondary N) is 1. The van der Waals surface area contributed by atoms with Crippen LogP contribution < -0.4 is 4.74 Å². The van der Waals surface area contributed by atoms with Crippen LogP contribution in [0.15, 0.2) is 54.6 Å². The van der Waals surface area contributed by atoms with Crippen molar-refractivity contribution in [3.8, 4) is 5.75 Å². The van der Waals surface area contributed by atoms with Crippen molar-refractivity contribution in [1.29, 1.82) is 5.41 Å². The van der Waals surface area contributed by atoms with Gasteiger partial charge in [0, 0.05) is 18.2 Å². The van der Waals surface area contributed by atoms with Crippen LogP contribution in [0.2, 0.25) is 0 Å². The van der Waals surface area contributed by atoms with Gasteiger partial charge in [-0.2, -0.15) is 0 Å². The molecule has 0 spiro atoms. The molecule has 1 atom stereocenters. The zero-order valence-corrected chi connectivity index (χ0v) is 18.2. The standard InChI is InChI=1S/C25H30ClNO3/c1-2-3-4-5-16-30-22-13-10-21(11-14-22)18-24(27)23(26)17-20-8-6-19(7-9-20)12-15-25(28)29/h6-15,23,27H,2-5,16-18H2,1H3,(H,28,29). The largest absolute Gasteiger partial charge is 0.494 e. The fourth-order valence-corrected chi connectivity index (χ4v) is 3.27. The topological polar surface area (TPSA) is 70.4 Å². The van der Waals surface area contributed by atoms with Crippen molar-refractivity contribution < 1.29 is 14.6 Å². The molecule has 0 amide bonds. The second kappa shape index (κ2) is 12.9. The minimum atomic E-state index is -0.972. The zero-order chi connectivity index (χ0) is 21.8. The van der Waals surface area contributed by atoms with Gasteiger partial charge in [0.1, 0.15) is 5.75 Å². The van der Waals surface area contributed by atoms with E-state index in [1.54, 1.807) is 6.08 Å². The Morgan fingerprint density at radius 3 is 2.37 bits per heavy atom. The Morgan fingerprint density at radius 1 is 1.07 bits per heavy atom. The molecule has 2 rings (SSSR count). The summed E-state index contributed by atoms with van der Waals surface area (Å²) >= 11 is 6.46. The molecule has 0 aliphatic rings.